The summed E-state index contributed by atoms with van der Waals surface area (Å²) in [6.45, 7) is 0. The number of nitrogens with zero attached hydrogens (tertiary/aromatic N) is 2. The second-order valence-electron chi connectivity index (χ2n) is 2.74. The van der Waals surface area contributed by atoms with Gasteiger partial charge >= 0.3 is 5.69 Å². The maximum Gasteiger partial charge on any atom is 0.325 e. The van der Waals surface area contributed by atoms with Crippen molar-refractivity contribution in [1.82, 2.24) is 19.7 Å². The summed E-state index contributed by atoms with van der Waals surface area (Å²) in [6, 6.07) is 1.55. The smallest absolute Gasteiger partial charge is 0.313 e. The summed E-state index contributed by atoms with van der Waals surface area (Å²) in [4.78, 5) is 37.7. The van der Waals surface area contributed by atoms with Gasteiger partial charge < -0.3 is 4.98 Å². The van der Waals surface area contributed by atoms with Gasteiger partial charge in [0.05, 0.1) is 0 Å². The fourth-order valence-corrected chi connectivity index (χ4v) is 1.08. The molecular formula is C8H6N4O3. The van der Waals surface area contributed by atoms with Gasteiger partial charge in [-0.3, -0.25) is 14.6 Å². The molecule has 0 fully saturated rings. The zero-order valence-corrected chi connectivity index (χ0v) is 7.43. The molecule has 0 bridgehead atoms. The van der Waals surface area contributed by atoms with E-state index in [1.54, 1.807) is 6.07 Å². The van der Waals surface area contributed by atoms with Crippen molar-refractivity contribution in [2.24, 2.45) is 0 Å². The fourth-order valence-electron chi connectivity index (χ4n) is 1.08. The highest BCUT2D eigenvalue weighted by atomic mass is 16.2. The topological polar surface area (TPSA) is 101 Å². The highest BCUT2D eigenvalue weighted by Crippen LogP contribution is 1.92. The lowest BCUT2D eigenvalue weighted by molar-refractivity contribution is 0.0943. The Balaban J connectivity index is 2.52. The molecule has 76 valence electrons. The molecule has 2 heterocycles. The minimum atomic E-state index is -0.737. The average molecular weight is 206 g/mol. The molecule has 0 radical (unpaired) electrons. The zero-order chi connectivity index (χ0) is 10.8. The monoisotopic (exact) mass is 206 g/mol. The Kier molecular flexibility index (Phi) is 2.05. The van der Waals surface area contributed by atoms with Crippen LogP contribution in [-0.2, 0) is 0 Å². The predicted molar refractivity (Wildman–Crippen MR) is 49.6 cm³/mol. The first-order valence-corrected chi connectivity index (χ1v) is 4.05. The third-order valence-electron chi connectivity index (χ3n) is 1.76. The minimum Gasteiger partial charge on any atom is -0.313 e. The molecule has 2 N–H and O–H groups in total. The number of rotatable bonds is 1. The van der Waals surface area contributed by atoms with Gasteiger partial charge in [-0.05, 0) is 6.07 Å². The van der Waals surface area contributed by atoms with Gasteiger partial charge in [-0.1, -0.05) is 0 Å². The number of carbonyl (C=O) groups is 1. The van der Waals surface area contributed by atoms with Crippen LogP contribution in [0.3, 0.4) is 0 Å². The summed E-state index contributed by atoms with van der Waals surface area (Å²) < 4.78 is 1.00. The number of carbonyl (C=O) groups excluding carboxylic acids is 1. The maximum atomic E-state index is 11.6. The number of aromatic nitrogens is 4. The number of hydrogen-bond donors (Lipinski definition) is 2. The number of H-pyrrole nitrogens is 2. The maximum absolute atomic E-state index is 11.6. The molecule has 7 nitrogen and oxygen atoms in total. The second kappa shape index (κ2) is 3.37. The molecule has 0 aliphatic carbocycles. The van der Waals surface area contributed by atoms with Crippen LogP contribution in [-0.4, -0.2) is 25.7 Å². The van der Waals surface area contributed by atoms with Crippen molar-refractivity contribution in [2.45, 2.75) is 0 Å². The second-order valence-corrected chi connectivity index (χ2v) is 2.74. The summed E-state index contributed by atoms with van der Waals surface area (Å²) in [6.07, 6.45) is 3.88. The normalized spacial score (nSPS) is 10.1. The van der Waals surface area contributed by atoms with Gasteiger partial charge in [-0.25, -0.2) is 9.48 Å². The third kappa shape index (κ3) is 1.62. The largest absolute Gasteiger partial charge is 0.325 e. The average Bonchev–Trinajstić information content (AvgIpc) is 2.69. The van der Waals surface area contributed by atoms with Crippen LogP contribution in [0.25, 0.3) is 0 Å². The first kappa shape index (κ1) is 9.13. The number of hydrogen-bond acceptors (Lipinski definition) is 4. The van der Waals surface area contributed by atoms with E-state index in [1.165, 1.54) is 12.4 Å². The van der Waals surface area contributed by atoms with E-state index in [9.17, 15) is 14.4 Å². The highest BCUT2D eigenvalue weighted by molar-refractivity contribution is 5.94. The van der Waals surface area contributed by atoms with E-state index in [-0.39, 0.29) is 5.56 Å². The third-order valence-corrected chi connectivity index (χ3v) is 1.76. The Hall–Kier alpha value is -2.44. The van der Waals surface area contributed by atoms with Gasteiger partial charge in [0.25, 0.3) is 11.5 Å². The van der Waals surface area contributed by atoms with Gasteiger partial charge in [0.15, 0.2) is 0 Å². The molecule has 0 aromatic carbocycles. The van der Waals surface area contributed by atoms with E-state index < -0.39 is 17.2 Å². The molecule has 2 aromatic rings. The highest BCUT2D eigenvalue weighted by Gasteiger charge is 2.12. The van der Waals surface area contributed by atoms with Crippen LogP contribution in [0.4, 0.5) is 0 Å². The molecule has 2 aromatic heterocycles. The Morgan fingerprint density at radius 3 is 2.80 bits per heavy atom. The summed E-state index contributed by atoms with van der Waals surface area (Å²) in [7, 11) is 0. The van der Waals surface area contributed by atoms with Gasteiger partial charge in [0, 0.05) is 18.6 Å². The molecule has 0 aliphatic heterocycles. The first-order valence-electron chi connectivity index (χ1n) is 4.05. The Bertz CT molecular complexity index is 593. The van der Waals surface area contributed by atoms with Crippen LogP contribution in [0.15, 0.2) is 34.2 Å². The van der Waals surface area contributed by atoms with Crippen LogP contribution in [0.5, 0.6) is 0 Å². The lowest BCUT2D eigenvalue weighted by Gasteiger charge is -1.97. The van der Waals surface area contributed by atoms with Crippen molar-refractivity contribution in [3.8, 4) is 0 Å². The SMILES string of the molecule is O=C(c1c[nH]c(=O)[nH]c1=O)n1cccn1. The van der Waals surface area contributed by atoms with E-state index >= 15 is 0 Å². The van der Waals surface area contributed by atoms with Gasteiger partial charge in [0.2, 0.25) is 0 Å². The van der Waals surface area contributed by atoms with Crippen LogP contribution < -0.4 is 11.2 Å². The zero-order valence-electron chi connectivity index (χ0n) is 7.43. The van der Waals surface area contributed by atoms with Crippen LogP contribution in [0.1, 0.15) is 10.4 Å². The van der Waals surface area contributed by atoms with E-state index in [1.807, 2.05) is 4.98 Å². The van der Waals surface area contributed by atoms with Crippen molar-refractivity contribution < 1.29 is 4.79 Å². The summed E-state index contributed by atoms with van der Waals surface area (Å²) in [5.41, 5.74) is -1.56. The molecule has 0 spiro atoms. The van der Waals surface area contributed by atoms with Crippen molar-refractivity contribution in [3.63, 3.8) is 0 Å². The van der Waals surface area contributed by atoms with E-state index in [4.69, 9.17) is 0 Å². The minimum absolute atomic E-state index is 0.168. The molecule has 0 saturated heterocycles. The van der Waals surface area contributed by atoms with Gasteiger partial charge in [-0.15, -0.1) is 0 Å². The number of nitrogens with one attached hydrogen (secondary N) is 2. The van der Waals surface area contributed by atoms with E-state index in [0.717, 1.165) is 10.9 Å². The van der Waals surface area contributed by atoms with Crippen molar-refractivity contribution >= 4 is 5.91 Å². The Morgan fingerprint density at radius 2 is 2.20 bits per heavy atom. The Labute approximate surface area is 82.4 Å². The molecule has 15 heavy (non-hydrogen) atoms. The van der Waals surface area contributed by atoms with E-state index in [2.05, 4.69) is 10.1 Å². The fraction of sp³-hybridized carbons (Fsp3) is 0. The summed E-state index contributed by atoms with van der Waals surface area (Å²) in [5, 5.41) is 3.68. The molecule has 0 amide bonds. The quantitative estimate of drug-likeness (QED) is 0.621. The van der Waals surface area contributed by atoms with Crippen molar-refractivity contribution in [2.75, 3.05) is 0 Å². The van der Waals surface area contributed by atoms with Gasteiger partial charge in [0.1, 0.15) is 5.56 Å². The van der Waals surface area contributed by atoms with Crippen molar-refractivity contribution in [1.29, 1.82) is 0 Å². The molecule has 7 heteroatoms. The van der Waals surface area contributed by atoms with Crippen molar-refractivity contribution in [3.05, 3.63) is 51.1 Å². The molecule has 0 saturated carbocycles. The molecule has 2 rings (SSSR count). The molecule has 0 atom stereocenters. The molecule has 0 aliphatic rings. The lowest BCUT2D eigenvalue weighted by atomic mass is 10.3. The standard InChI is InChI=1S/C8H6N4O3/c13-6-5(4-9-8(15)11-6)7(14)12-3-1-2-10-12/h1-4H,(H2,9,11,13,15). The molecular weight excluding hydrogens is 200 g/mol. The number of aromatic amines is 2. The van der Waals surface area contributed by atoms with E-state index in [0.29, 0.717) is 0 Å². The van der Waals surface area contributed by atoms with Crippen LogP contribution in [0, 0.1) is 0 Å². The van der Waals surface area contributed by atoms with Gasteiger partial charge in [-0.2, -0.15) is 5.10 Å². The Morgan fingerprint density at radius 1 is 1.40 bits per heavy atom. The summed E-state index contributed by atoms with van der Waals surface area (Å²) in [5.74, 6) is -0.600. The molecule has 0 unspecified atom stereocenters. The predicted octanol–water partition coefficient (Wildman–Crippen LogP) is -1.05. The lowest BCUT2D eigenvalue weighted by Crippen LogP contribution is -2.29. The van der Waals surface area contributed by atoms with Crippen LogP contribution >= 0.6 is 0 Å². The van der Waals surface area contributed by atoms with Crippen LogP contribution in [0.2, 0.25) is 0 Å². The first-order chi connectivity index (χ1) is 7.18. The summed E-state index contributed by atoms with van der Waals surface area (Å²) >= 11 is 0.